The Hall–Kier alpha value is -2.09. The van der Waals surface area contributed by atoms with Gasteiger partial charge in [-0.3, -0.25) is 4.99 Å². The lowest BCUT2D eigenvalue weighted by atomic mass is 10.3. The quantitative estimate of drug-likeness (QED) is 0.767. The number of nitrogens with zero attached hydrogens (tertiary/aromatic N) is 1. The maximum absolute atomic E-state index is 4.33. The number of anilines is 1. The van der Waals surface area contributed by atoms with Crippen molar-refractivity contribution in [2.24, 2.45) is 4.99 Å². The van der Waals surface area contributed by atoms with E-state index in [0.29, 0.717) is 0 Å². The molecule has 0 aliphatic rings. The highest BCUT2D eigenvalue weighted by atomic mass is 14.9. The highest BCUT2D eigenvalue weighted by molar-refractivity contribution is 5.68. The van der Waals surface area contributed by atoms with E-state index < -0.39 is 0 Å². The molecule has 16 heavy (non-hydrogen) atoms. The highest BCUT2D eigenvalue weighted by Crippen LogP contribution is 2.08. The van der Waals surface area contributed by atoms with E-state index in [9.17, 15) is 0 Å². The van der Waals surface area contributed by atoms with Crippen molar-refractivity contribution in [3.8, 4) is 0 Å². The maximum Gasteiger partial charge on any atom is 0.0626 e. The van der Waals surface area contributed by atoms with Crippen LogP contribution in [0.15, 0.2) is 65.7 Å². The zero-order chi connectivity index (χ0) is 11.1. The van der Waals surface area contributed by atoms with Crippen LogP contribution in [0.2, 0.25) is 0 Å². The largest absolute Gasteiger partial charge is 0.380 e. The van der Waals surface area contributed by atoms with E-state index in [2.05, 4.69) is 10.3 Å². The van der Waals surface area contributed by atoms with Gasteiger partial charge in [-0.1, -0.05) is 36.4 Å². The first-order valence-electron chi connectivity index (χ1n) is 5.31. The molecule has 0 fully saturated rings. The standard InChI is InChI=1S/C14H14N2/c1-3-7-13(8-4-1)15-11-12-16-14-9-5-2-6-10-14/h1-11,16H,12H2. The van der Waals surface area contributed by atoms with E-state index in [1.54, 1.807) is 0 Å². The molecule has 0 saturated carbocycles. The van der Waals surface area contributed by atoms with Crippen molar-refractivity contribution in [3.05, 3.63) is 60.7 Å². The third kappa shape index (κ3) is 3.24. The number of rotatable bonds is 4. The maximum atomic E-state index is 4.33. The lowest BCUT2D eigenvalue weighted by molar-refractivity contribution is 1.39. The first kappa shape index (κ1) is 10.4. The molecule has 0 aromatic heterocycles. The molecular formula is C14H14N2. The molecule has 2 rings (SSSR count). The van der Waals surface area contributed by atoms with Crippen LogP contribution in [-0.4, -0.2) is 12.8 Å². The van der Waals surface area contributed by atoms with Crippen LogP contribution >= 0.6 is 0 Å². The summed E-state index contributed by atoms with van der Waals surface area (Å²) in [5.74, 6) is 0. The van der Waals surface area contributed by atoms with Crippen molar-refractivity contribution < 1.29 is 0 Å². The van der Waals surface area contributed by atoms with Gasteiger partial charge in [0.1, 0.15) is 0 Å². The number of para-hydroxylation sites is 2. The van der Waals surface area contributed by atoms with Crippen molar-refractivity contribution in [1.29, 1.82) is 0 Å². The molecule has 2 nitrogen and oxygen atoms in total. The Balaban J connectivity index is 1.83. The predicted molar refractivity (Wildman–Crippen MR) is 69.5 cm³/mol. The van der Waals surface area contributed by atoms with Gasteiger partial charge in [0.25, 0.3) is 0 Å². The number of benzene rings is 2. The summed E-state index contributed by atoms with van der Waals surface area (Å²) in [6.45, 7) is 0.735. The van der Waals surface area contributed by atoms with E-state index in [1.807, 2.05) is 66.9 Å². The molecule has 2 aromatic rings. The fraction of sp³-hybridized carbons (Fsp3) is 0.0714. The van der Waals surface area contributed by atoms with Gasteiger partial charge < -0.3 is 5.32 Å². The van der Waals surface area contributed by atoms with Crippen LogP contribution in [0.3, 0.4) is 0 Å². The third-order valence-corrected chi connectivity index (χ3v) is 2.17. The average Bonchev–Trinajstić information content (AvgIpc) is 2.37. The number of hydrogen-bond acceptors (Lipinski definition) is 2. The SMILES string of the molecule is C(CNc1ccccc1)=Nc1ccccc1. The van der Waals surface area contributed by atoms with E-state index in [4.69, 9.17) is 0 Å². The van der Waals surface area contributed by atoms with E-state index in [0.717, 1.165) is 17.9 Å². The molecule has 80 valence electrons. The third-order valence-electron chi connectivity index (χ3n) is 2.17. The number of aliphatic imine (C=N–C) groups is 1. The summed E-state index contributed by atoms with van der Waals surface area (Å²) in [5, 5.41) is 3.27. The molecule has 0 atom stereocenters. The lowest BCUT2D eigenvalue weighted by Gasteiger charge is -2.01. The zero-order valence-corrected chi connectivity index (χ0v) is 9.01. The van der Waals surface area contributed by atoms with Gasteiger partial charge in [-0.05, 0) is 24.3 Å². The molecule has 0 spiro atoms. The van der Waals surface area contributed by atoms with Crippen LogP contribution in [0.4, 0.5) is 11.4 Å². The molecule has 2 heteroatoms. The van der Waals surface area contributed by atoms with Gasteiger partial charge in [0, 0.05) is 11.9 Å². The van der Waals surface area contributed by atoms with Gasteiger partial charge in [-0.15, -0.1) is 0 Å². The average molecular weight is 210 g/mol. The Bertz CT molecular complexity index is 435. The molecule has 0 aliphatic heterocycles. The summed E-state index contributed by atoms with van der Waals surface area (Å²) < 4.78 is 0. The molecule has 0 bridgehead atoms. The van der Waals surface area contributed by atoms with Crippen LogP contribution < -0.4 is 5.32 Å². The van der Waals surface area contributed by atoms with E-state index in [-0.39, 0.29) is 0 Å². The topological polar surface area (TPSA) is 24.4 Å². The Labute approximate surface area is 95.7 Å². The fourth-order valence-electron chi connectivity index (χ4n) is 1.38. The normalized spacial score (nSPS) is 10.5. The molecule has 2 aromatic carbocycles. The molecule has 0 amide bonds. The minimum absolute atomic E-state index is 0.735. The smallest absolute Gasteiger partial charge is 0.0626 e. The summed E-state index contributed by atoms with van der Waals surface area (Å²) in [4.78, 5) is 4.33. The highest BCUT2D eigenvalue weighted by Gasteiger charge is 1.86. The molecular weight excluding hydrogens is 196 g/mol. The summed E-state index contributed by atoms with van der Waals surface area (Å²) >= 11 is 0. The van der Waals surface area contributed by atoms with Crippen LogP contribution in [-0.2, 0) is 0 Å². The first-order chi connectivity index (χ1) is 7.95. The molecule has 0 unspecified atom stereocenters. The van der Waals surface area contributed by atoms with Gasteiger partial charge in [0.15, 0.2) is 0 Å². The van der Waals surface area contributed by atoms with Gasteiger partial charge in [0.2, 0.25) is 0 Å². The van der Waals surface area contributed by atoms with Gasteiger partial charge in [-0.25, -0.2) is 0 Å². The Morgan fingerprint density at radius 1 is 0.875 bits per heavy atom. The summed E-state index contributed by atoms with van der Waals surface area (Å²) in [6.07, 6.45) is 1.88. The zero-order valence-electron chi connectivity index (χ0n) is 9.01. The number of hydrogen-bond donors (Lipinski definition) is 1. The molecule has 0 radical (unpaired) electrons. The van der Waals surface area contributed by atoms with Crippen molar-refractivity contribution in [3.63, 3.8) is 0 Å². The monoisotopic (exact) mass is 210 g/mol. The van der Waals surface area contributed by atoms with Crippen molar-refractivity contribution in [1.82, 2.24) is 0 Å². The summed E-state index contributed by atoms with van der Waals surface area (Å²) in [7, 11) is 0. The predicted octanol–water partition coefficient (Wildman–Crippen LogP) is 3.50. The van der Waals surface area contributed by atoms with Gasteiger partial charge >= 0.3 is 0 Å². The first-order valence-corrected chi connectivity index (χ1v) is 5.31. The minimum Gasteiger partial charge on any atom is -0.380 e. The van der Waals surface area contributed by atoms with Crippen molar-refractivity contribution in [2.75, 3.05) is 11.9 Å². The summed E-state index contributed by atoms with van der Waals surface area (Å²) in [6, 6.07) is 20.0. The second-order valence-electron chi connectivity index (χ2n) is 3.39. The van der Waals surface area contributed by atoms with Crippen LogP contribution in [0, 0.1) is 0 Å². The minimum atomic E-state index is 0.735. The van der Waals surface area contributed by atoms with Crippen LogP contribution in [0.5, 0.6) is 0 Å². The Morgan fingerprint density at radius 2 is 1.50 bits per heavy atom. The number of nitrogens with one attached hydrogen (secondary N) is 1. The van der Waals surface area contributed by atoms with Crippen LogP contribution in [0.25, 0.3) is 0 Å². The van der Waals surface area contributed by atoms with Gasteiger partial charge in [0.05, 0.1) is 12.2 Å². The summed E-state index contributed by atoms with van der Waals surface area (Å²) in [5.41, 5.74) is 2.10. The Morgan fingerprint density at radius 3 is 2.19 bits per heavy atom. The molecule has 0 heterocycles. The van der Waals surface area contributed by atoms with Gasteiger partial charge in [-0.2, -0.15) is 0 Å². The Kier molecular flexibility index (Phi) is 3.72. The van der Waals surface area contributed by atoms with Crippen LogP contribution in [0.1, 0.15) is 0 Å². The van der Waals surface area contributed by atoms with E-state index in [1.165, 1.54) is 0 Å². The lowest BCUT2D eigenvalue weighted by Crippen LogP contribution is -2.01. The fourth-order valence-corrected chi connectivity index (χ4v) is 1.38. The molecule has 0 saturated heterocycles. The molecule has 1 N–H and O–H groups in total. The van der Waals surface area contributed by atoms with E-state index >= 15 is 0 Å². The van der Waals surface area contributed by atoms with Crippen molar-refractivity contribution >= 4 is 17.6 Å². The second kappa shape index (κ2) is 5.71. The second-order valence-corrected chi connectivity index (χ2v) is 3.39. The molecule has 0 aliphatic carbocycles. The van der Waals surface area contributed by atoms with Crippen molar-refractivity contribution in [2.45, 2.75) is 0 Å².